The van der Waals surface area contributed by atoms with Crippen molar-refractivity contribution in [1.29, 1.82) is 0 Å². The van der Waals surface area contributed by atoms with E-state index in [4.69, 9.17) is 10.5 Å². The zero-order chi connectivity index (χ0) is 18.0. The van der Waals surface area contributed by atoms with Crippen molar-refractivity contribution in [2.45, 2.75) is 29.9 Å². The minimum absolute atomic E-state index is 0.000639. The van der Waals surface area contributed by atoms with Crippen molar-refractivity contribution >= 4 is 15.9 Å². The van der Waals surface area contributed by atoms with Crippen molar-refractivity contribution in [2.75, 3.05) is 6.61 Å². The van der Waals surface area contributed by atoms with Crippen LogP contribution in [0.5, 0.6) is 0 Å². The van der Waals surface area contributed by atoms with Crippen molar-refractivity contribution in [3.05, 3.63) is 47.8 Å². The Morgan fingerprint density at radius 3 is 2.92 bits per heavy atom. The van der Waals surface area contributed by atoms with E-state index < -0.39 is 28.1 Å². The molecule has 9 heteroatoms. The highest BCUT2D eigenvalue weighted by Gasteiger charge is 2.32. The Morgan fingerprint density at radius 1 is 1.44 bits per heavy atom. The molecule has 0 aliphatic carbocycles. The lowest BCUT2D eigenvalue weighted by molar-refractivity contribution is -0.00446. The number of ether oxygens (including phenoxy) is 1. The van der Waals surface area contributed by atoms with Crippen LogP contribution in [0.15, 0.2) is 41.6 Å². The first-order valence-corrected chi connectivity index (χ1v) is 9.37. The average molecular weight is 364 g/mol. The second-order valence-corrected chi connectivity index (χ2v) is 7.71. The highest BCUT2D eigenvalue weighted by Crippen LogP contribution is 2.29. The van der Waals surface area contributed by atoms with E-state index in [2.05, 4.69) is 9.82 Å². The van der Waals surface area contributed by atoms with Gasteiger partial charge in [-0.05, 0) is 31.0 Å². The number of hydrogen-bond donors (Lipinski definition) is 2. The fourth-order valence-corrected chi connectivity index (χ4v) is 4.22. The number of sulfonamides is 1. The first-order valence-electron chi connectivity index (χ1n) is 7.89. The number of amides is 1. The van der Waals surface area contributed by atoms with Crippen LogP contribution in [-0.2, 0) is 21.8 Å². The molecule has 0 spiro atoms. The third-order valence-electron chi connectivity index (χ3n) is 4.11. The lowest BCUT2D eigenvalue weighted by Crippen LogP contribution is -2.42. The van der Waals surface area contributed by atoms with Crippen LogP contribution in [0.25, 0.3) is 0 Å². The van der Waals surface area contributed by atoms with Gasteiger partial charge in [0.25, 0.3) is 0 Å². The molecule has 1 saturated heterocycles. The standard InChI is InChI=1S/C16H20N4O4S/c1-20-10-12(9-18-20)15-14(6-3-7-24-15)19-25(22,23)13-5-2-4-11(8-13)16(17)21/h2,4-5,8-10,14-15,19H,3,6-7H2,1H3,(H2,17,21)/t14-,15+/m0/s1. The van der Waals surface area contributed by atoms with Crippen LogP contribution in [-0.4, -0.2) is 36.8 Å². The quantitative estimate of drug-likeness (QED) is 0.811. The first-order chi connectivity index (χ1) is 11.9. The Hall–Kier alpha value is -2.23. The molecule has 8 nitrogen and oxygen atoms in total. The summed E-state index contributed by atoms with van der Waals surface area (Å²) in [5, 5.41) is 4.12. The number of aryl methyl sites for hydroxylation is 1. The van der Waals surface area contributed by atoms with Crippen LogP contribution < -0.4 is 10.5 Å². The zero-order valence-electron chi connectivity index (χ0n) is 13.8. The summed E-state index contributed by atoms with van der Waals surface area (Å²) in [6.45, 7) is 0.564. The van der Waals surface area contributed by atoms with E-state index in [0.29, 0.717) is 13.0 Å². The van der Waals surface area contributed by atoms with Gasteiger partial charge in [0.1, 0.15) is 6.10 Å². The number of primary amides is 1. The van der Waals surface area contributed by atoms with Gasteiger partial charge in [-0.2, -0.15) is 5.10 Å². The van der Waals surface area contributed by atoms with E-state index in [0.717, 1.165) is 12.0 Å². The molecule has 25 heavy (non-hydrogen) atoms. The van der Waals surface area contributed by atoms with Gasteiger partial charge in [-0.3, -0.25) is 9.48 Å². The maximum atomic E-state index is 12.7. The van der Waals surface area contributed by atoms with Crippen molar-refractivity contribution < 1.29 is 17.9 Å². The zero-order valence-corrected chi connectivity index (χ0v) is 14.6. The number of carbonyl (C=O) groups is 1. The molecule has 134 valence electrons. The first kappa shape index (κ1) is 17.6. The third kappa shape index (κ3) is 3.89. The molecule has 2 atom stereocenters. The van der Waals surface area contributed by atoms with Gasteiger partial charge in [-0.1, -0.05) is 6.07 Å². The highest BCUT2D eigenvalue weighted by molar-refractivity contribution is 7.89. The number of hydrogen-bond acceptors (Lipinski definition) is 5. The minimum Gasteiger partial charge on any atom is -0.372 e. The van der Waals surface area contributed by atoms with Crippen LogP contribution in [0.1, 0.15) is 34.9 Å². The monoisotopic (exact) mass is 364 g/mol. The Labute approximate surface area is 146 Å². The maximum Gasteiger partial charge on any atom is 0.248 e. The smallest absolute Gasteiger partial charge is 0.248 e. The number of aromatic nitrogens is 2. The predicted octanol–water partition coefficient (Wildman–Crippen LogP) is 0.718. The number of nitrogens with zero attached hydrogens (tertiary/aromatic N) is 2. The Kier molecular flexibility index (Phi) is 4.89. The van der Waals surface area contributed by atoms with Crippen molar-refractivity contribution in [3.8, 4) is 0 Å². The second kappa shape index (κ2) is 6.95. The van der Waals surface area contributed by atoms with Gasteiger partial charge >= 0.3 is 0 Å². The van der Waals surface area contributed by atoms with Crippen molar-refractivity contribution in [3.63, 3.8) is 0 Å². The summed E-state index contributed by atoms with van der Waals surface area (Å²) in [7, 11) is -2.02. The van der Waals surface area contributed by atoms with Gasteiger partial charge in [0.15, 0.2) is 0 Å². The lowest BCUT2D eigenvalue weighted by atomic mass is 9.99. The summed E-state index contributed by atoms with van der Waals surface area (Å²) in [5.74, 6) is -0.675. The average Bonchev–Trinajstić information content (AvgIpc) is 3.01. The number of nitrogens with two attached hydrogens (primary N) is 1. The summed E-state index contributed by atoms with van der Waals surface area (Å²) in [6.07, 6.45) is 4.48. The number of carbonyl (C=O) groups excluding carboxylic acids is 1. The van der Waals surface area contributed by atoms with Gasteiger partial charge in [0.2, 0.25) is 15.9 Å². The molecule has 1 aliphatic rings. The molecular weight excluding hydrogens is 344 g/mol. The van der Waals surface area contributed by atoms with Gasteiger partial charge in [-0.25, -0.2) is 13.1 Å². The summed E-state index contributed by atoms with van der Waals surface area (Å²) in [4.78, 5) is 11.3. The van der Waals surface area contributed by atoms with E-state index in [1.54, 1.807) is 17.9 Å². The minimum atomic E-state index is -3.82. The molecule has 0 unspecified atom stereocenters. The van der Waals surface area contributed by atoms with Gasteiger partial charge in [0, 0.05) is 31.0 Å². The van der Waals surface area contributed by atoms with E-state index in [1.807, 2.05) is 6.20 Å². The number of nitrogens with one attached hydrogen (secondary N) is 1. The van der Waals surface area contributed by atoms with Crippen LogP contribution in [0.3, 0.4) is 0 Å². The molecule has 1 amide bonds. The molecule has 1 aromatic carbocycles. The van der Waals surface area contributed by atoms with Crippen molar-refractivity contribution in [2.24, 2.45) is 12.8 Å². The molecule has 2 heterocycles. The second-order valence-electron chi connectivity index (χ2n) is 6.00. The van der Waals surface area contributed by atoms with Gasteiger partial charge in [0.05, 0.1) is 17.1 Å². The van der Waals surface area contributed by atoms with Gasteiger partial charge < -0.3 is 10.5 Å². The molecule has 3 rings (SSSR count). The Balaban J connectivity index is 1.85. The number of benzene rings is 1. The largest absolute Gasteiger partial charge is 0.372 e. The molecule has 0 bridgehead atoms. The van der Waals surface area contributed by atoms with Gasteiger partial charge in [-0.15, -0.1) is 0 Å². The molecule has 1 fully saturated rings. The summed E-state index contributed by atoms with van der Waals surface area (Å²) in [6, 6.07) is 5.25. The lowest BCUT2D eigenvalue weighted by Gasteiger charge is -2.31. The Morgan fingerprint density at radius 2 is 2.24 bits per heavy atom. The van der Waals surface area contributed by atoms with Crippen LogP contribution in [0.4, 0.5) is 0 Å². The molecule has 1 aliphatic heterocycles. The fourth-order valence-electron chi connectivity index (χ4n) is 2.90. The molecule has 1 aromatic heterocycles. The fraction of sp³-hybridized carbons (Fsp3) is 0.375. The molecule has 2 aromatic rings. The normalized spacial score (nSPS) is 21.2. The van der Waals surface area contributed by atoms with E-state index in [-0.39, 0.29) is 10.5 Å². The highest BCUT2D eigenvalue weighted by atomic mass is 32.2. The molecule has 0 saturated carbocycles. The summed E-state index contributed by atoms with van der Waals surface area (Å²) >= 11 is 0. The summed E-state index contributed by atoms with van der Waals surface area (Å²) in [5.41, 5.74) is 6.19. The molecule has 3 N–H and O–H groups in total. The van der Waals surface area contributed by atoms with Crippen molar-refractivity contribution in [1.82, 2.24) is 14.5 Å². The SMILES string of the molecule is Cn1cc([C@H]2OCCC[C@@H]2NS(=O)(=O)c2cccc(C(N)=O)c2)cn1. The maximum absolute atomic E-state index is 12.7. The summed E-state index contributed by atoms with van der Waals surface area (Å²) < 4.78 is 35.6. The van der Waals surface area contributed by atoms with Crippen LogP contribution in [0, 0.1) is 0 Å². The topological polar surface area (TPSA) is 116 Å². The predicted molar refractivity (Wildman–Crippen MR) is 90.2 cm³/mol. The van der Waals surface area contributed by atoms with E-state index >= 15 is 0 Å². The van der Waals surface area contributed by atoms with Crippen LogP contribution >= 0.6 is 0 Å². The Bertz CT molecular complexity index is 878. The third-order valence-corrected chi connectivity index (χ3v) is 5.60. The van der Waals surface area contributed by atoms with E-state index in [1.165, 1.54) is 24.3 Å². The van der Waals surface area contributed by atoms with Crippen LogP contribution in [0.2, 0.25) is 0 Å². The number of rotatable bonds is 5. The van der Waals surface area contributed by atoms with E-state index in [9.17, 15) is 13.2 Å². The molecular formula is C16H20N4O4S. The molecule has 0 radical (unpaired) electrons.